The van der Waals surface area contributed by atoms with Crippen LogP contribution in [0.1, 0.15) is 64.7 Å². The van der Waals surface area contributed by atoms with Crippen LogP contribution < -0.4 is 31.9 Å². The molecule has 1 atom stereocenters. The van der Waals surface area contributed by atoms with E-state index in [-0.39, 0.29) is 36.5 Å². The number of ether oxygens (including phenoxy) is 1. The Morgan fingerprint density at radius 3 is 2.82 bits per heavy atom. The van der Waals surface area contributed by atoms with E-state index < -0.39 is 0 Å². The molecule has 2 aliphatic carbocycles. The lowest BCUT2D eigenvalue weighted by atomic mass is 9.95. The van der Waals surface area contributed by atoms with E-state index in [1.165, 1.54) is 19.3 Å². The summed E-state index contributed by atoms with van der Waals surface area (Å²) in [5.41, 5.74) is -0.219. The Morgan fingerprint density at radius 1 is 1.18 bits per heavy atom. The minimum Gasteiger partial charge on any atom is -0.447 e. The third-order valence-corrected chi connectivity index (χ3v) is 5.82. The Balaban J connectivity index is 1.30. The van der Waals surface area contributed by atoms with E-state index in [4.69, 9.17) is 4.74 Å². The third-order valence-electron chi connectivity index (χ3n) is 5.82. The number of amides is 1. The van der Waals surface area contributed by atoms with Crippen molar-refractivity contribution in [3.63, 3.8) is 0 Å². The summed E-state index contributed by atoms with van der Waals surface area (Å²) in [6.07, 6.45) is 14.8. The van der Waals surface area contributed by atoms with Crippen LogP contribution in [0.25, 0.3) is 12.2 Å². The zero-order valence-corrected chi connectivity index (χ0v) is 19.3. The summed E-state index contributed by atoms with van der Waals surface area (Å²) < 4.78 is 5.38. The lowest BCUT2D eigenvalue weighted by molar-refractivity contribution is -0.151. The van der Waals surface area contributed by atoms with Crippen LogP contribution in [0.2, 0.25) is 0 Å². The van der Waals surface area contributed by atoms with Gasteiger partial charge in [0.2, 0.25) is 5.91 Å². The highest BCUT2D eigenvalue weighted by Crippen LogP contribution is 2.18. The number of aromatic amines is 1. The molecule has 0 aromatic carbocycles. The normalized spacial score (nSPS) is 16.5. The van der Waals surface area contributed by atoms with Crippen molar-refractivity contribution in [3.8, 4) is 0 Å². The van der Waals surface area contributed by atoms with Gasteiger partial charge in [0.25, 0.3) is 5.56 Å². The molecule has 1 saturated carbocycles. The molecule has 2 aliphatic rings. The van der Waals surface area contributed by atoms with Gasteiger partial charge in [-0.15, -0.1) is 0 Å². The molecule has 33 heavy (non-hydrogen) atoms. The molecule has 0 saturated heterocycles. The van der Waals surface area contributed by atoms with Crippen LogP contribution in [0.5, 0.6) is 0 Å². The third kappa shape index (κ3) is 8.16. The number of aromatic nitrogens is 2. The first-order valence-electron chi connectivity index (χ1n) is 11.9. The predicted octanol–water partition coefficient (Wildman–Crippen LogP) is 0.801. The summed E-state index contributed by atoms with van der Waals surface area (Å²) >= 11 is 0. The van der Waals surface area contributed by atoms with Gasteiger partial charge in [-0.3, -0.25) is 19.7 Å². The monoisotopic (exact) mass is 457 g/mol. The van der Waals surface area contributed by atoms with Crippen molar-refractivity contribution in [2.24, 2.45) is 0 Å². The Kier molecular flexibility index (Phi) is 9.68. The minimum absolute atomic E-state index is 0.0641. The molecular weight excluding hydrogens is 422 g/mol. The summed E-state index contributed by atoms with van der Waals surface area (Å²) in [6.45, 7) is 2.89. The number of H-pyrrole nitrogens is 1. The highest BCUT2D eigenvalue weighted by atomic mass is 16.6. The molecule has 1 fully saturated rings. The lowest BCUT2D eigenvalue weighted by Gasteiger charge is -2.26. The SMILES string of the molecule is CC(NC1CCCCC1)OC(=O)CCC(=O)NCCCNc1n[nH]c(=O)c2c1=CCC=CC=2. The molecule has 3 rings (SSSR count). The first kappa shape index (κ1) is 24.7. The van der Waals surface area contributed by atoms with E-state index in [1.54, 1.807) is 6.08 Å². The average molecular weight is 458 g/mol. The average Bonchev–Trinajstić information content (AvgIpc) is 3.06. The summed E-state index contributed by atoms with van der Waals surface area (Å²) in [6, 6.07) is 0.410. The number of carbonyl (C=O) groups excluding carboxylic acids is 2. The number of fused-ring (bicyclic) bond motifs is 1. The Morgan fingerprint density at radius 2 is 2.00 bits per heavy atom. The van der Waals surface area contributed by atoms with E-state index in [1.807, 2.05) is 25.2 Å². The molecule has 180 valence electrons. The maximum Gasteiger partial charge on any atom is 0.307 e. The smallest absolute Gasteiger partial charge is 0.307 e. The summed E-state index contributed by atoms with van der Waals surface area (Å²) in [7, 11) is 0. The van der Waals surface area contributed by atoms with Gasteiger partial charge < -0.3 is 15.4 Å². The second-order valence-electron chi connectivity index (χ2n) is 8.53. The largest absolute Gasteiger partial charge is 0.447 e. The quantitative estimate of drug-likeness (QED) is 0.220. The van der Waals surface area contributed by atoms with Crippen LogP contribution in [0.3, 0.4) is 0 Å². The maximum absolute atomic E-state index is 12.0. The van der Waals surface area contributed by atoms with Crippen LogP contribution >= 0.6 is 0 Å². The molecule has 1 unspecified atom stereocenters. The molecule has 1 amide bonds. The number of nitrogens with zero attached hydrogens (tertiary/aromatic N) is 1. The molecule has 9 heteroatoms. The van der Waals surface area contributed by atoms with Crippen molar-refractivity contribution in [2.45, 2.75) is 77.0 Å². The Labute approximate surface area is 193 Å². The molecule has 9 nitrogen and oxygen atoms in total. The van der Waals surface area contributed by atoms with Crippen molar-refractivity contribution >= 4 is 29.8 Å². The molecule has 1 aromatic rings. The summed E-state index contributed by atoms with van der Waals surface area (Å²) in [4.78, 5) is 36.0. The van der Waals surface area contributed by atoms with Gasteiger partial charge in [0.05, 0.1) is 11.6 Å². The number of allylic oxidation sites excluding steroid dienone is 2. The number of rotatable bonds is 11. The van der Waals surface area contributed by atoms with Gasteiger partial charge >= 0.3 is 5.97 Å². The molecule has 0 aliphatic heterocycles. The van der Waals surface area contributed by atoms with Gasteiger partial charge in [-0.05, 0) is 38.7 Å². The molecule has 0 bridgehead atoms. The molecule has 1 heterocycles. The van der Waals surface area contributed by atoms with Gasteiger partial charge in [0.1, 0.15) is 0 Å². The van der Waals surface area contributed by atoms with Crippen LogP contribution in [0.15, 0.2) is 16.9 Å². The van der Waals surface area contributed by atoms with Crippen LogP contribution in [-0.2, 0) is 14.3 Å². The second kappa shape index (κ2) is 12.9. The van der Waals surface area contributed by atoms with E-state index in [9.17, 15) is 14.4 Å². The fourth-order valence-electron chi connectivity index (χ4n) is 4.13. The molecule has 0 spiro atoms. The predicted molar refractivity (Wildman–Crippen MR) is 128 cm³/mol. The zero-order valence-electron chi connectivity index (χ0n) is 19.3. The fourth-order valence-corrected chi connectivity index (χ4v) is 4.13. The maximum atomic E-state index is 12.0. The topological polar surface area (TPSA) is 125 Å². The van der Waals surface area contributed by atoms with Gasteiger partial charge in [-0.2, -0.15) is 5.10 Å². The van der Waals surface area contributed by atoms with E-state index in [0.29, 0.717) is 36.6 Å². The standard InChI is InChI=1S/C24H35N5O4/c1-17(27-18-9-4-2-5-10-18)33-22(31)14-13-21(30)25-15-8-16-26-23-19-11-6-3-7-12-20(19)24(32)29-28-23/h3,7,11-12,17-18,27H,2,4-6,8-10,13-16H2,1H3,(H,25,30)(H,26,28)(H,29,32). The summed E-state index contributed by atoms with van der Waals surface area (Å²) in [5, 5.41) is 17.4. The first-order chi connectivity index (χ1) is 16.0. The van der Waals surface area contributed by atoms with Crippen LogP contribution in [0.4, 0.5) is 5.82 Å². The van der Waals surface area contributed by atoms with E-state index >= 15 is 0 Å². The number of hydrogen-bond acceptors (Lipinski definition) is 7. The van der Waals surface area contributed by atoms with Gasteiger partial charge in [0, 0.05) is 30.8 Å². The van der Waals surface area contributed by atoms with Gasteiger partial charge in [-0.25, -0.2) is 5.10 Å². The summed E-state index contributed by atoms with van der Waals surface area (Å²) in [5.74, 6) is 0.0782. The van der Waals surface area contributed by atoms with Gasteiger partial charge in [-0.1, -0.05) is 37.5 Å². The van der Waals surface area contributed by atoms with Crippen LogP contribution in [-0.4, -0.2) is 47.4 Å². The molecule has 0 radical (unpaired) electrons. The highest BCUT2D eigenvalue weighted by molar-refractivity contribution is 5.81. The van der Waals surface area contributed by atoms with Crippen molar-refractivity contribution in [1.82, 2.24) is 20.8 Å². The number of hydrogen-bond donors (Lipinski definition) is 4. The Hall–Kier alpha value is -2.94. The zero-order chi connectivity index (χ0) is 23.5. The minimum atomic E-state index is -0.366. The molecule has 4 N–H and O–H groups in total. The number of nitrogens with one attached hydrogen (secondary N) is 4. The van der Waals surface area contributed by atoms with E-state index in [0.717, 1.165) is 24.5 Å². The van der Waals surface area contributed by atoms with Crippen LogP contribution in [0, 0.1) is 0 Å². The lowest BCUT2D eigenvalue weighted by Crippen LogP contribution is -2.43. The van der Waals surface area contributed by atoms with Crippen molar-refractivity contribution < 1.29 is 14.3 Å². The molecular formula is C24H35N5O4. The highest BCUT2D eigenvalue weighted by Gasteiger charge is 2.18. The fraction of sp³-hybridized carbons (Fsp3) is 0.583. The molecule has 1 aromatic heterocycles. The van der Waals surface area contributed by atoms with E-state index in [2.05, 4.69) is 26.1 Å². The van der Waals surface area contributed by atoms with Crippen molar-refractivity contribution in [1.29, 1.82) is 0 Å². The van der Waals surface area contributed by atoms with Crippen molar-refractivity contribution in [3.05, 3.63) is 32.9 Å². The van der Waals surface area contributed by atoms with Gasteiger partial charge in [0.15, 0.2) is 12.0 Å². The second-order valence-corrected chi connectivity index (χ2v) is 8.53. The Bertz CT molecular complexity index is 1010. The number of anilines is 1. The first-order valence-corrected chi connectivity index (χ1v) is 11.9. The van der Waals surface area contributed by atoms with Crippen molar-refractivity contribution in [2.75, 3.05) is 18.4 Å². The number of carbonyl (C=O) groups is 2. The number of esters is 1.